The van der Waals surface area contributed by atoms with E-state index in [0.29, 0.717) is 31.2 Å². The highest BCUT2D eigenvalue weighted by Gasteiger charge is 2.58. The van der Waals surface area contributed by atoms with Crippen molar-refractivity contribution in [3.63, 3.8) is 0 Å². The molecule has 5 rings (SSSR count). The number of hydrogen-bond acceptors (Lipinski definition) is 17. The summed E-state index contributed by atoms with van der Waals surface area (Å²) in [5.74, 6) is -2.59. The molecule has 0 spiro atoms. The second-order valence-electron chi connectivity index (χ2n) is 29.6. The van der Waals surface area contributed by atoms with Crippen LogP contribution >= 0.6 is 0 Å². The molecule has 1 unspecified atom stereocenters. The molecule has 0 radical (unpaired) electrons. The summed E-state index contributed by atoms with van der Waals surface area (Å²) < 4.78 is 87.2. The molecule has 21 heteroatoms. The number of cyclic esters (lactones) is 1. The van der Waals surface area contributed by atoms with Gasteiger partial charge in [-0.15, -0.1) is 0 Å². The standard InChI is InChI=1S/C79H133NO17Si3/c1-21-45-86-76(83)72-69-48-64(94-77-74(82)73(80-78(84)87-46-22-2)75(62(19)93-77)98(23-3,24-4)55(9)10)42-40-38-36-34-32-30-29-31-33-35-37-39-41-58(15)59(16)60(17)61(18)92-71(81)50-65-47-63(88-53-89-65)43-44-67(96-99(25-5,26-6)56(11)12)68-49-66(90-54-91-68)51-79(85-20,95-69)52-70(72)97-100(27-7,28-8)57(13)14/h21-22,29-42,55-70,72-75,77,82H,1-2,23-28,43-54H2,3-20H3,(H,80,84)/b30-29+,33-31+,34-32+,37-35+,38-36+,41-39+,42-40+/t58-,59+,60+,61-,62+,63+,64-,65+,66-,67+,68+,69?,70-,72-,73+,74+,75+,77-,79+/m0/s1. The fraction of sp³-hybridized carbons (Fsp3) is 0.734. The van der Waals surface area contributed by atoms with Crippen molar-refractivity contribution in [1.82, 2.24) is 5.32 Å². The fourth-order valence-corrected chi connectivity index (χ4v) is 29.4. The first-order valence-corrected chi connectivity index (χ1v) is 45.4. The predicted octanol–water partition coefficient (Wildman–Crippen LogP) is 17.0. The zero-order chi connectivity index (χ0) is 73.8. The number of hydrogen-bond donors (Lipinski definition) is 2. The summed E-state index contributed by atoms with van der Waals surface area (Å²) in [5.41, 5.74) is 0.568. The number of nitrogens with one attached hydrogen (secondary N) is 1. The van der Waals surface area contributed by atoms with Gasteiger partial charge in [-0.3, -0.25) is 9.59 Å². The maximum Gasteiger partial charge on any atom is 0.407 e. The van der Waals surface area contributed by atoms with Crippen LogP contribution in [0.1, 0.15) is 169 Å². The number of ether oxygens (including phenoxy) is 11. The highest BCUT2D eigenvalue weighted by Crippen LogP contribution is 2.50. The highest BCUT2D eigenvalue weighted by atomic mass is 28.4. The van der Waals surface area contributed by atoms with Gasteiger partial charge < -0.3 is 71.4 Å². The van der Waals surface area contributed by atoms with Gasteiger partial charge in [-0.25, -0.2) is 4.79 Å². The van der Waals surface area contributed by atoms with Crippen molar-refractivity contribution in [2.45, 2.75) is 313 Å². The molecule has 5 aliphatic rings. The molecule has 4 saturated heterocycles. The Morgan fingerprint density at radius 2 is 1.17 bits per heavy atom. The SMILES string of the molecule is C=CCOC(=O)N[C@@H]1[C@@H](O)[C@H](O[C@H]2/C=C/C=C/C=C/C=C/C=C/C=C/C=C/[C@H](C)[C@@H](C)[C@@H](C)[C@H](C)OC(=O)C[C@H]3C[C@@H](CC[C@@H](O[Si](CC)(CC)C(C)C)[C@H]4C[C@@H](C[C@]5(OC)C[C@H](O[Si](CC)(CC)C(C)C)[C@@H](C(=O)OCC=C)C(C2)O5)OCO4)OCO3)O[C@H](C)[C@H]1[Si](CC)(CC)C(C)C. The highest BCUT2D eigenvalue weighted by molar-refractivity contribution is 6.82. The molecule has 0 aromatic rings. The van der Waals surface area contributed by atoms with E-state index in [1.54, 1.807) is 13.2 Å². The molecule has 1 amide bonds. The molecule has 100 heavy (non-hydrogen) atoms. The Kier molecular flexibility index (Phi) is 37.2. The summed E-state index contributed by atoms with van der Waals surface area (Å²) >= 11 is 0. The number of allylic oxidation sites excluding steroid dienone is 13. The first kappa shape index (κ1) is 86.7. The van der Waals surface area contributed by atoms with Gasteiger partial charge in [-0.1, -0.05) is 232 Å². The largest absolute Gasteiger partial charge is 0.462 e. The van der Waals surface area contributed by atoms with Crippen LogP contribution in [0.15, 0.2) is 110 Å². The van der Waals surface area contributed by atoms with Gasteiger partial charge in [-0.05, 0) is 79.7 Å². The zero-order valence-corrected chi connectivity index (χ0v) is 67.5. The Labute approximate surface area is 606 Å². The minimum Gasteiger partial charge on any atom is -0.462 e. The molecule has 5 heterocycles. The normalized spacial score (nSPS) is 35.3. The van der Waals surface area contributed by atoms with Crippen LogP contribution in [0, 0.1) is 23.7 Å². The van der Waals surface area contributed by atoms with Crippen molar-refractivity contribution >= 4 is 42.7 Å². The molecule has 6 bridgehead atoms. The number of alkyl carbamates (subject to hydrolysis) is 1. The molecule has 0 aromatic heterocycles. The molecule has 0 saturated carbocycles. The van der Waals surface area contributed by atoms with Gasteiger partial charge in [0.1, 0.15) is 44.9 Å². The van der Waals surface area contributed by atoms with E-state index in [-0.39, 0.29) is 123 Å². The van der Waals surface area contributed by atoms with Crippen LogP contribution in [0.5, 0.6) is 0 Å². The van der Waals surface area contributed by atoms with Gasteiger partial charge in [0.25, 0.3) is 0 Å². The van der Waals surface area contributed by atoms with Gasteiger partial charge >= 0.3 is 18.0 Å². The van der Waals surface area contributed by atoms with E-state index in [1.807, 2.05) is 86.8 Å². The predicted molar refractivity (Wildman–Crippen MR) is 405 cm³/mol. The number of aliphatic hydroxyl groups is 1. The van der Waals surface area contributed by atoms with E-state index in [0.717, 1.165) is 36.3 Å². The number of carbonyl (C=O) groups excluding carboxylic acids is 3. The van der Waals surface area contributed by atoms with E-state index in [4.69, 9.17) is 61.0 Å². The van der Waals surface area contributed by atoms with Crippen molar-refractivity contribution < 1.29 is 80.4 Å². The Morgan fingerprint density at radius 1 is 0.630 bits per heavy atom. The lowest BCUT2D eigenvalue weighted by atomic mass is 9.82. The van der Waals surface area contributed by atoms with Crippen molar-refractivity contribution in [3.8, 4) is 0 Å². The summed E-state index contributed by atoms with van der Waals surface area (Å²) in [7, 11) is -5.68. The summed E-state index contributed by atoms with van der Waals surface area (Å²) in [6, 6.07) is 4.44. The number of rotatable bonds is 23. The topological polar surface area (TPSA) is 203 Å². The third-order valence-corrected chi connectivity index (χ3v) is 41.0. The fourth-order valence-electron chi connectivity index (χ4n) is 16.3. The van der Waals surface area contributed by atoms with Gasteiger partial charge in [0.15, 0.2) is 28.7 Å². The van der Waals surface area contributed by atoms with Crippen molar-refractivity contribution in [1.29, 1.82) is 0 Å². The minimum absolute atomic E-state index is 0.00201. The van der Waals surface area contributed by atoms with E-state index < -0.39 is 97.4 Å². The number of esters is 2. The molecule has 4 fully saturated rings. The van der Waals surface area contributed by atoms with Crippen molar-refractivity contribution in [2.24, 2.45) is 23.7 Å². The van der Waals surface area contributed by atoms with E-state index in [2.05, 4.69) is 134 Å². The smallest absolute Gasteiger partial charge is 0.407 e. The maximum atomic E-state index is 15.2. The molecule has 2 N–H and O–H groups in total. The Bertz CT molecular complexity index is 2690. The number of fused-ring (bicyclic) bond motifs is 6. The lowest BCUT2D eigenvalue weighted by Gasteiger charge is -2.53. The Balaban J connectivity index is 1.68. The number of amides is 1. The van der Waals surface area contributed by atoms with Crippen molar-refractivity contribution in [2.75, 3.05) is 33.9 Å². The molecular weight excluding hydrogens is 1320 g/mol. The number of aliphatic hydroxyl groups excluding tert-OH is 1. The van der Waals surface area contributed by atoms with Crippen LogP contribution in [0.4, 0.5) is 4.79 Å². The van der Waals surface area contributed by atoms with Crippen LogP contribution in [-0.2, 0) is 70.5 Å². The van der Waals surface area contributed by atoms with Crippen molar-refractivity contribution in [3.05, 3.63) is 110 Å². The maximum absolute atomic E-state index is 15.2. The monoisotopic (exact) mass is 1450 g/mol. The third kappa shape index (κ3) is 24.1. The lowest BCUT2D eigenvalue weighted by Crippen LogP contribution is -2.66. The molecule has 568 valence electrons. The zero-order valence-electron chi connectivity index (χ0n) is 64.5. The average molecular weight is 1450 g/mol. The summed E-state index contributed by atoms with van der Waals surface area (Å²) in [6.07, 6.45) is 25.0. The van der Waals surface area contributed by atoms with Crippen LogP contribution in [0.3, 0.4) is 0 Å². The summed E-state index contributed by atoms with van der Waals surface area (Å²) in [6.45, 7) is 44.9. The van der Waals surface area contributed by atoms with E-state index in [9.17, 15) is 14.7 Å². The first-order valence-electron chi connectivity index (χ1n) is 38.0. The lowest BCUT2D eigenvalue weighted by molar-refractivity contribution is -0.322. The Hall–Kier alpha value is -3.92. The van der Waals surface area contributed by atoms with Gasteiger partial charge in [0, 0.05) is 44.8 Å². The van der Waals surface area contributed by atoms with Crippen LogP contribution in [-0.4, -0.2) is 167 Å². The molecule has 0 aromatic carbocycles. The third-order valence-electron chi connectivity index (χ3n) is 23.4. The number of carbonyl (C=O) groups is 3. The van der Waals surface area contributed by atoms with Crippen LogP contribution < -0.4 is 5.32 Å². The second kappa shape index (κ2) is 42.9. The van der Waals surface area contributed by atoms with Gasteiger partial charge in [0.05, 0.1) is 75.5 Å². The summed E-state index contributed by atoms with van der Waals surface area (Å²) in [5, 5.41) is 16.0. The second-order valence-corrected chi connectivity index (χ2v) is 45.2. The van der Waals surface area contributed by atoms with E-state index in [1.165, 1.54) is 6.08 Å². The molecule has 18 nitrogen and oxygen atoms in total. The average Bonchev–Trinajstić information content (AvgIpc) is 0.760. The van der Waals surface area contributed by atoms with Gasteiger partial charge in [-0.2, -0.15) is 0 Å². The molecule has 5 aliphatic heterocycles. The first-order chi connectivity index (χ1) is 47.7. The molecule has 19 atom stereocenters. The molecule has 0 aliphatic carbocycles. The van der Waals surface area contributed by atoms with E-state index >= 15 is 4.79 Å². The minimum atomic E-state index is -2.63. The van der Waals surface area contributed by atoms with Gasteiger partial charge in [0.2, 0.25) is 0 Å². The number of methoxy groups -OCH3 is 1. The molecular formula is C79H133NO17Si3. The Morgan fingerprint density at radius 3 is 1.72 bits per heavy atom. The summed E-state index contributed by atoms with van der Waals surface area (Å²) in [4.78, 5) is 42.6. The van der Waals surface area contributed by atoms with Crippen LogP contribution in [0.25, 0.3) is 0 Å². The van der Waals surface area contributed by atoms with Crippen LogP contribution in [0.2, 0.25) is 58.4 Å². The quantitative estimate of drug-likeness (QED) is 0.0423.